The smallest absolute Gasteiger partial charge is 0.225 e. The van der Waals surface area contributed by atoms with Crippen LogP contribution in [0.3, 0.4) is 0 Å². The first-order valence-corrected chi connectivity index (χ1v) is 6.83. The number of nitrogens with zero attached hydrogens (tertiary/aromatic N) is 1. The summed E-state index contributed by atoms with van der Waals surface area (Å²) < 4.78 is 0. The molecule has 5 nitrogen and oxygen atoms in total. The van der Waals surface area contributed by atoms with E-state index in [-0.39, 0.29) is 11.8 Å². The molecule has 4 N–H and O–H groups in total. The third-order valence-electron chi connectivity index (χ3n) is 4.08. The highest BCUT2D eigenvalue weighted by Gasteiger charge is 2.40. The standard InChI is InChI=1S/C15H21N3O2/c1-15(14(17)20)8-9-18(10-15)13(19)7-6-11-4-2-3-5-12(11)16/h2-5H,6-10,16H2,1H3,(H2,17,20). The number of amides is 2. The minimum atomic E-state index is -0.582. The van der Waals surface area contributed by atoms with Gasteiger partial charge in [0.1, 0.15) is 0 Å². The van der Waals surface area contributed by atoms with E-state index >= 15 is 0 Å². The van der Waals surface area contributed by atoms with Gasteiger partial charge in [0, 0.05) is 25.2 Å². The molecule has 0 aromatic heterocycles. The molecule has 1 aliphatic heterocycles. The van der Waals surface area contributed by atoms with Gasteiger partial charge in [-0.3, -0.25) is 9.59 Å². The Balaban J connectivity index is 1.91. The maximum atomic E-state index is 12.2. The average molecular weight is 275 g/mol. The van der Waals surface area contributed by atoms with Crippen molar-refractivity contribution in [2.24, 2.45) is 11.1 Å². The summed E-state index contributed by atoms with van der Waals surface area (Å²) in [5, 5.41) is 0. The number of para-hydroxylation sites is 1. The predicted molar refractivity (Wildman–Crippen MR) is 77.7 cm³/mol. The number of anilines is 1. The molecule has 1 unspecified atom stereocenters. The minimum Gasteiger partial charge on any atom is -0.399 e. The number of nitrogen functional groups attached to an aromatic ring is 1. The van der Waals surface area contributed by atoms with Crippen molar-refractivity contribution in [2.75, 3.05) is 18.8 Å². The molecule has 0 radical (unpaired) electrons. The van der Waals surface area contributed by atoms with Crippen LogP contribution in [0.25, 0.3) is 0 Å². The molecule has 1 aliphatic rings. The zero-order chi connectivity index (χ0) is 14.8. The van der Waals surface area contributed by atoms with Gasteiger partial charge in [0.25, 0.3) is 0 Å². The Kier molecular flexibility index (Phi) is 3.97. The van der Waals surface area contributed by atoms with Crippen molar-refractivity contribution in [1.29, 1.82) is 0 Å². The third-order valence-corrected chi connectivity index (χ3v) is 4.08. The molecule has 1 saturated heterocycles. The topological polar surface area (TPSA) is 89.4 Å². The van der Waals surface area contributed by atoms with E-state index in [9.17, 15) is 9.59 Å². The Labute approximate surface area is 118 Å². The van der Waals surface area contributed by atoms with Gasteiger partial charge in [-0.15, -0.1) is 0 Å². The second-order valence-corrected chi connectivity index (χ2v) is 5.69. The van der Waals surface area contributed by atoms with Crippen molar-refractivity contribution in [3.63, 3.8) is 0 Å². The highest BCUT2D eigenvalue weighted by Crippen LogP contribution is 2.30. The van der Waals surface area contributed by atoms with Crippen LogP contribution in [-0.4, -0.2) is 29.8 Å². The van der Waals surface area contributed by atoms with Gasteiger partial charge in [0.2, 0.25) is 11.8 Å². The number of carbonyl (C=O) groups excluding carboxylic acids is 2. The summed E-state index contributed by atoms with van der Waals surface area (Å²) in [6.45, 7) is 2.84. The first-order chi connectivity index (χ1) is 9.42. The fourth-order valence-electron chi connectivity index (χ4n) is 2.54. The van der Waals surface area contributed by atoms with E-state index in [2.05, 4.69) is 0 Å². The highest BCUT2D eigenvalue weighted by atomic mass is 16.2. The van der Waals surface area contributed by atoms with E-state index in [0.717, 1.165) is 5.56 Å². The maximum Gasteiger partial charge on any atom is 0.225 e. The molecule has 2 amide bonds. The summed E-state index contributed by atoms with van der Waals surface area (Å²) in [6.07, 6.45) is 1.67. The Morgan fingerprint density at radius 2 is 2.05 bits per heavy atom. The summed E-state index contributed by atoms with van der Waals surface area (Å²) in [5.74, 6) is -0.279. The number of aryl methyl sites for hydroxylation is 1. The van der Waals surface area contributed by atoms with Gasteiger partial charge in [-0.2, -0.15) is 0 Å². The molecule has 1 aromatic carbocycles. The van der Waals surface area contributed by atoms with E-state index < -0.39 is 5.41 Å². The van der Waals surface area contributed by atoms with Gasteiger partial charge in [-0.05, 0) is 31.4 Å². The van der Waals surface area contributed by atoms with Crippen LogP contribution in [0.4, 0.5) is 5.69 Å². The molecule has 0 bridgehead atoms. The summed E-state index contributed by atoms with van der Waals surface area (Å²) in [7, 11) is 0. The van der Waals surface area contributed by atoms with E-state index in [1.807, 2.05) is 31.2 Å². The van der Waals surface area contributed by atoms with Gasteiger partial charge >= 0.3 is 0 Å². The van der Waals surface area contributed by atoms with E-state index in [1.54, 1.807) is 4.90 Å². The highest BCUT2D eigenvalue weighted by molar-refractivity contribution is 5.83. The average Bonchev–Trinajstić information content (AvgIpc) is 2.82. The van der Waals surface area contributed by atoms with Gasteiger partial charge in [-0.1, -0.05) is 18.2 Å². The van der Waals surface area contributed by atoms with Gasteiger partial charge in [0.15, 0.2) is 0 Å². The number of primary amides is 1. The van der Waals surface area contributed by atoms with Crippen LogP contribution >= 0.6 is 0 Å². The lowest BCUT2D eigenvalue weighted by molar-refractivity contribution is -0.131. The molecular weight excluding hydrogens is 254 g/mol. The molecular formula is C15H21N3O2. The zero-order valence-electron chi connectivity index (χ0n) is 11.8. The first-order valence-electron chi connectivity index (χ1n) is 6.83. The summed E-state index contributed by atoms with van der Waals surface area (Å²) in [6, 6.07) is 7.55. The molecule has 1 aromatic rings. The summed E-state index contributed by atoms with van der Waals surface area (Å²) in [5.41, 5.74) is 12.4. The molecule has 20 heavy (non-hydrogen) atoms. The van der Waals surface area contributed by atoms with Crippen LogP contribution in [0.15, 0.2) is 24.3 Å². The molecule has 1 heterocycles. The number of nitrogens with two attached hydrogens (primary N) is 2. The Bertz CT molecular complexity index is 530. The number of hydrogen-bond donors (Lipinski definition) is 2. The number of likely N-dealkylation sites (tertiary alicyclic amines) is 1. The first kappa shape index (κ1) is 14.4. The lowest BCUT2D eigenvalue weighted by atomic mass is 9.89. The van der Waals surface area contributed by atoms with Crippen molar-refractivity contribution >= 4 is 17.5 Å². The maximum absolute atomic E-state index is 12.2. The Hall–Kier alpha value is -2.04. The van der Waals surface area contributed by atoms with Crippen LogP contribution < -0.4 is 11.5 Å². The van der Waals surface area contributed by atoms with Crippen LogP contribution in [-0.2, 0) is 16.0 Å². The molecule has 2 rings (SSSR count). The van der Waals surface area contributed by atoms with Crippen molar-refractivity contribution in [1.82, 2.24) is 4.90 Å². The van der Waals surface area contributed by atoms with Crippen molar-refractivity contribution in [2.45, 2.75) is 26.2 Å². The molecule has 1 fully saturated rings. The number of benzene rings is 1. The van der Waals surface area contributed by atoms with Crippen molar-refractivity contribution < 1.29 is 9.59 Å². The zero-order valence-corrected chi connectivity index (χ0v) is 11.8. The van der Waals surface area contributed by atoms with E-state index in [1.165, 1.54) is 0 Å². The molecule has 0 saturated carbocycles. The third kappa shape index (κ3) is 2.92. The summed E-state index contributed by atoms with van der Waals surface area (Å²) >= 11 is 0. The van der Waals surface area contributed by atoms with Crippen molar-refractivity contribution in [3.8, 4) is 0 Å². The number of rotatable bonds is 4. The molecule has 0 aliphatic carbocycles. The quantitative estimate of drug-likeness (QED) is 0.801. The Morgan fingerprint density at radius 3 is 2.65 bits per heavy atom. The molecule has 5 heteroatoms. The lowest BCUT2D eigenvalue weighted by Gasteiger charge is -2.21. The normalized spacial score (nSPS) is 21.9. The van der Waals surface area contributed by atoms with Crippen LogP contribution in [0, 0.1) is 5.41 Å². The fraction of sp³-hybridized carbons (Fsp3) is 0.467. The Morgan fingerprint density at radius 1 is 1.35 bits per heavy atom. The van der Waals surface area contributed by atoms with Crippen LogP contribution in [0.1, 0.15) is 25.3 Å². The van der Waals surface area contributed by atoms with Crippen LogP contribution in [0.5, 0.6) is 0 Å². The molecule has 108 valence electrons. The monoisotopic (exact) mass is 275 g/mol. The largest absolute Gasteiger partial charge is 0.399 e. The fourth-order valence-corrected chi connectivity index (χ4v) is 2.54. The minimum absolute atomic E-state index is 0.0539. The SMILES string of the molecule is CC1(C(N)=O)CCN(C(=O)CCc2ccccc2N)C1. The lowest BCUT2D eigenvalue weighted by Crippen LogP contribution is -2.38. The van der Waals surface area contributed by atoms with Gasteiger partial charge in [0.05, 0.1) is 5.41 Å². The van der Waals surface area contributed by atoms with Gasteiger partial charge < -0.3 is 16.4 Å². The van der Waals surface area contributed by atoms with E-state index in [0.29, 0.717) is 38.0 Å². The second-order valence-electron chi connectivity index (χ2n) is 5.69. The number of hydrogen-bond acceptors (Lipinski definition) is 3. The second kappa shape index (κ2) is 5.53. The predicted octanol–water partition coefficient (Wildman–Crippen LogP) is 0.925. The van der Waals surface area contributed by atoms with Crippen LogP contribution in [0.2, 0.25) is 0 Å². The number of carbonyl (C=O) groups is 2. The van der Waals surface area contributed by atoms with Gasteiger partial charge in [-0.25, -0.2) is 0 Å². The van der Waals surface area contributed by atoms with Crippen molar-refractivity contribution in [3.05, 3.63) is 29.8 Å². The molecule has 0 spiro atoms. The van der Waals surface area contributed by atoms with E-state index in [4.69, 9.17) is 11.5 Å². The summed E-state index contributed by atoms with van der Waals surface area (Å²) in [4.78, 5) is 25.3. The molecule has 1 atom stereocenters.